The highest BCUT2D eigenvalue weighted by atomic mass is 79.9. The predicted octanol–water partition coefficient (Wildman–Crippen LogP) is 6.68. The standard InChI is InChI=1S/C30H34BrCl2N3O5S/c1-5-20(3)34-30(38)21(4)35(18-26-27(32)8-7-9-28(26)33)29(37)19-36(23-12-14-24(15-13-23)41-6-2)42(39,40)25-16-10-22(31)11-17-25/h7-17,20-21H,5-6,18-19H2,1-4H3,(H,34,38)/t20-,21-/m0/s1. The van der Waals surface area contributed by atoms with Crippen molar-refractivity contribution in [2.75, 3.05) is 17.5 Å². The van der Waals surface area contributed by atoms with Gasteiger partial charge in [0.15, 0.2) is 0 Å². The average Bonchev–Trinajstić information content (AvgIpc) is 2.96. The maximum Gasteiger partial charge on any atom is 0.264 e. The molecule has 0 saturated carbocycles. The Kier molecular flexibility index (Phi) is 12.1. The van der Waals surface area contributed by atoms with Crippen LogP contribution in [0.2, 0.25) is 10.0 Å². The molecule has 3 aromatic carbocycles. The Morgan fingerprint density at radius 1 is 0.952 bits per heavy atom. The summed E-state index contributed by atoms with van der Waals surface area (Å²) in [5.74, 6) is -0.449. The lowest BCUT2D eigenvalue weighted by Gasteiger charge is -2.33. The van der Waals surface area contributed by atoms with Gasteiger partial charge in [-0.1, -0.05) is 52.1 Å². The number of rotatable bonds is 13. The van der Waals surface area contributed by atoms with E-state index in [1.165, 1.54) is 17.0 Å². The molecule has 0 aliphatic carbocycles. The molecular weight excluding hydrogens is 665 g/mol. The van der Waals surface area contributed by atoms with Gasteiger partial charge in [-0.25, -0.2) is 8.42 Å². The average molecular weight is 699 g/mol. The number of halogens is 3. The van der Waals surface area contributed by atoms with Crippen LogP contribution in [0.4, 0.5) is 5.69 Å². The molecule has 3 aromatic rings. The molecule has 2 atom stereocenters. The number of hydrogen-bond donors (Lipinski definition) is 1. The molecule has 0 unspecified atom stereocenters. The molecule has 0 heterocycles. The van der Waals surface area contributed by atoms with E-state index in [9.17, 15) is 18.0 Å². The minimum Gasteiger partial charge on any atom is -0.494 e. The lowest BCUT2D eigenvalue weighted by Crippen LogP contribution is -2.52. The van der Waals surface area contributed by atoms with Crippen molar-refractivity contribution in [3.8, 4) is 5.75 Å². The molecule has 0 spiro atoms. The summed E-state index contributed by atoms with van der Waals surface area (Å²) in [5, 5.41) is 3.54. The second-order valence-corrected chi connectivity index (χ2v) is 13.2. The number of nitrogens with one attached hydrogen (secondary N) is 1. The van der Waals surface area contributed by atoms with Crippen molar-refractivity contribution in [2.24, 2.45) is 0 Å². The van der Waals surface area contributed by atoms with Crippen LogP contribution < -0.4 is 14.4 Å². The summed E-state index contributed by atoms with van der Waals surface area (Å²) in [7, 11) is -4.21. The number of nitrogens with zero attached hydrogens (tertiary/aromatic N) is 2. The van der Waals surface area contributed by atoms with Crippen molar-refractivity contribution >= 4 is 66.7 Å². The van der Waals surface area contributed by atoms with Gasteiger partial charge in [-0.3, -0.25) is 13.9 Å². The first kappa shape index (κ1) is 33.7. The number of hydrogen-bond acceptors (Lipinski definition) is 5. The SMILES string of the molecule is CCOc1ccc(N(CC(=O)N(Cc2c(Cl)cccc2Cl)[C@@H](C)C(=O)N[C@@H](C)CC)S(=O)(=O)c2ccc(Br)cc2)cc1. The van der Waals surface area contributed by atoms with E-state index < -0.39 is 28.5 Å². The molecule has 0 aromatic heterocycles. The van der Waals surface area contributed by atoms with Gasteiger partial charge < -0.3 is 15.0 Å². The van der Waals surface area contributed by atoms with Crippen molar-refractivity contribution < 1.29 is 22.7 Å². The van der Waals surface area contributed by atoms with Crippen molar-refractivity contribution in [1.82, 2.24) is 10.2 Å². The van der Waals surface area contributed by atoms with E-state index in [4.69, 9.17) is 27.9 Å². The highest BCUT2D eigenvalue weighted by molar-refractivity contribution is 9.10. The van der Waals surface area contributed by atoms with Crippen LogP contribution in [-0.4, -0.2) is 50.4 Å². The fraction of sp³-hybridized carbons (Fsp3) is 0.333. The van der Waals surface area contributed by atoms with Crippen LogP contribution in [0.5, 0.6) is 5.75 Å². The van der Waals surface area contributed by atoms with Gasteiger partial charge in [-0.05, 0) is 87.9 Å². The van der Waals surface area contributed by atoms with Crippen molar-refractivity contribution in [3.63, 3.8) is 0 Å². The van der Waals surface area contributed by atoms with E-state index in [0.29, 0.717) is 38.9 Å². The van der Waals surface area contributed by atoms with Gasteiger partial charge in [-0.2, -0.15) is 0 Å². The summed E-state index contributed by atoms with van der Waals surface area (Å²) < 4.78 is 35.1. The molecule has 8 nitrogen and oxygen atoms in total. The van der Waals surface area contributed by atoms with Gasteiger partial charge >= 0.3 is 0 Å². The van der Waals surface area contributed by atoms with E-state index in [1.54, 1.807) is 61.5 Å². The molecule has 3 rings (SSSR count). The van der Waals surface area contributed by atoms with Crippen molar-refractivity contribution in [3.05, 3.63) is 86.8 Å². The zero-order chi connectivity index (χ0) is 31.0. The molecule has 2 amide bonds. The van der Waals surface area contributed by atoms with Gasteiger partial charge in [0.1, 0.15) is 18.3 Å². The molecule has 0 aliphatic rings. The maximum absolute atomic E-state index is 14.1. The second kappa shape index (κ2) is 15.1. The molecular formula is C30H34BrCl2N3O5S. The van der Waals surface area contributed by atoms with Gasteiger partial charge in [-0.15, -0.1) is 0 Å². The van der Waals surface area contributed by atoms with Crippen LogP contribution in [0.1, 0.15) is 39.7 Å². The molecule has 12 heteroatoms. The van der Waals surface area contributed by atoms with E-state index >= 15 is 0 Å². The third-order valence-electron chi connectivity index (χ3n) is 6.67. The smallest absolute Gasteiger partial charge is 0.264 e. The van der Waals surface area contributed by atoms with Crippen LogP contribution in [0.15, 0.2) is 76.1 Å². The number of ether oxygens (including phenoxy) is 1. The molecule has 0 radical (unpaired) electrons. The molecule has 42 heavy (non-hydrogen) atoms. The van der Waals surface area contributed by atoms with Gasteiger partial charge in [0, 0.05) is 32.7 Å². The molecule has 0 bridgehead atoms. The predicted molar refractivity (Wildman–Crippen MR) is 171 cm³/mol. The van der Waals surface area contributed by atoms with Crippen LogP contribution in [-0.2, 0) is 26.2 Å². The number of anilines is 1. The Balaban J connectivity index is 2.07. The molecule has 1 N–H and O–H groups in total. The topological polar surface area (TPSA) is 96.0 Å². The Hall–Kier alpha value is -2.79. The Morgan fingerprint density at radius 2 is 1.55 bits per heavy atom. The third-order valence-corrected chi connectivity index (χ3v) is 9.70. The van der Waals surface area contributed by atoms with E-state index in [0.717, 1.165) is 4.31 Å². The van der Waals surface area contributed by atoms with Crippen LogP contribution in [0, 0.1) is 0 Å². The van der Waals surface area contributed by atoms with Crippen LogP contribution in [0.25, 0.3) is 0 Å². The Bertz CT molecular complexity index is 1470. The lowest BCUT2D eigenvalue weighted by atomic mass is 10.1. The van der Waals surface area contributed by atoms with Crippen LogP contribution >= 0.6 is 39.1 Å². The van der Waals surface area contributed by atoms with Gasteiger partial charge in [0.05, 0.1) is 17.2 Å². The quantitative estimate of drug-likeness (QED) is 0.215. The first-order valence-corrected chi connectivity index (χ1v) is 16.4. The van der Waals surface area contributed by atoms with E-state index in [2.05, 4.69) is 21.2 Å². The van der Waals surface area contributed by atoms with E-state index in [-0.39, 0.29) is 29.1 Å². The normalized spacial score (nSPS) is 12.7. The van der Waals surface area contributed by atoms with Crippen molar-refractivity contribution in [2.45, 2.75) is 57.6 Å². The molecule has 0 fully saturated rings. The lowest BCUT2D eigenvalue weighted by molar-refractivity contribution is -0.139. The first-order chi connectivity index (χ1) is 19.9. The number of carbonyl (C=O) groups is 2. The van der Waals surface area contributed by atoms with Gasteiger partial charge in [0.2, 0.25) is 11.8 Å². The molecule has 0 saturated heterocycles. The van der Waals surface area contributed by atoms with Crippen LogP contribution in [0.3, 0.4) is 0 Å². The highest BCUT2D eigenvalue weighted by Crippen LogP contribution is 2.29. The van der Waals surface area contributed by atoms with Crippen molar-refractivity contribution in [1.29, 1.82) is 0 Å². The minimum atomic E-state index is -4.21. The summed E-state index contributed by atoms with van der Waals surface area (Å²) in [6, 6.07) is 16.4. The highest BCUT2D eigenvalue weighted by Gasteiger charge is 2.33. The monoisotopic (exact) mass is 697 g/mol. The first-order valence-electron chi connectivity index (χ1n) is 13.4. The number of sulfonamides is 1. The summed E-state index contributed by atoms with van der Waals surface area (Å²) >= 11 is 16.2. The number of benzene rings is 3. The number of amides is 2. The fourth-order valence-corrected chi connectivity index (χ4v) is 6.24. The Labute approximate surface area is 266 Å². The van der Waals surface area contributed by atoms with Gasteiger partial charge in [0.25, 0.3) is 10.0 Å². The minimum absolute atomic E-state index is 0.00403. The number of carbonyl (C=O) groups excluding carboxylic acids is 2. The summed E-state index contributed by atoms with van der Waals surface area (Å²) in [4.78, 5) is 28.6. The second-order valence-electron chi connectivity index (χ2n) is 9.61. The zero-order valence-electron chi connectivity index (χ0n) is 23.8. The Morgan fingerprint density at radius 3 is 2.10 bits per heavy atom. The van der Waals surface area contributed by atoms with E-state index in [1.807, 2.05) is 20.8 Å². The fourth-order valence-electron chi connectivity index (χ4n) is 4.04. The zero-order valence-corrected chi connectivity index (χ0v) is 27.7. The maximum atomic E-state index is 14.1. The largest absolute Gasteiger partial charge is 0.494 e. The molecule has 0 aliphatic heterocycles. The summed E-state index contributed by atoms with van der Waals surface area (Å²) in [5.41, 5.74) is 0.697. The third kappa shape index (κ3) is 8.40. The molecule has 226 valence electrons. The summed E-state index contributed by atoms with van der Waals surface area (Å²) in [6.07, 6.45) is 0.694. The summed E-state index contributed by atoms with van der Waals surface area (Å²) in [6.45, 7) is 6.97.